The quantitative estimate of drug-likeness (QED) is 0.465. The summed E-state index contributed by atoms with van der Waals surface area (Å²) in [5.74, 6) is -1.38. The van der Waals surface area contributed by atoms with Crippen molar-refractivity contribution in [2.75, 3.05) is 13.1 Å². The normalized spacial score (nSPS) is 33.7. The number of hydrogen-bond acceptors (Lipinski definition) is 6. The molecular weight excluding hydrogens is 355 g/mol. The summed E-state index contributed by atoms with van der Waals surface area (Å²) >= 11 is 0. The number of allylic oxidation sites excluding steroid dienone is 2. The van der Waals surface area contributed by atoms with E-state index in [-0.39, 0.29) is 38.0 Å². The number of piperidine rings is 2. The molecule has 0 radical (unpaired) electrons. The van der Waals surface area contributed by atoms with E-state index >= 15 is 4.39 Å². The Bertz CT molecular complexity index is 687. The van der Waals surface area contributed by atoms with Crippen LogP contribution in [0.15, 0.2) is 24.3 Å². The average molecular weight is 380 g/mol. The number of carbonyl (C=O) groups excluding carboxylic acids is 3. The Kier molecular flexibility index (Phi) is 5.45. The lowest BCUT2D eigenvalue weighted by Gasteiger charge is -2.50. The molecule has 2 saturated heterocycles. The largest absolute Gasteiger partial charge is 0.389 e. The number of nitrogens with two attached hydrogens (primary N) is 1. The maximum Gasteiger partial charge on any atom is 0.243 e. The first-order valence-electron chi connectivity index (χ1n) is 9.11. The Morgan fingerprint density at radius 1 is 1.37 bits per heavy atom. The second-order valence-electron chi connectivity index (χ2n) is 7.47. The molecule has 0 spiro atoms. The van der Waals surface area contributed by atoms with E-state index in [2.05, 4.69) is 10.6 Å². The number of rotatable bonds is 5. The Balaban J connectivity index is 1.78. The smallest absolute Gasteiger partial charge is 0.243 e. The average Bonchev–Trinajstić information content (AvgIpc) is 2.59. The standard InChI is InChI=1S/C18H25FN4O4/c19-13-3-1-2-6-18(13,22-12-4-5-15(25)21-16(12)26)23-9-7-17(27,8-10-23)11-14(20)24/h1-3,6,12-13,22,27H,4-5,7-11H2,(H2,20,24)(H,21,25,26). The number of carbonyl (C=O) groups is 3. The fraction of sp³-hybridized carbons (Fsp3) is 0.611. The van der Waals surface area contributed by atoms with E-state index in [9.17, 15) is 19.5 Å². The lowest BCUT2D eigenvalue weighted by Crippen LogP contribution is -2.70. The van der Waals surface area contributed by atoms with Gasteiger partial charge in [-0.1, -0.05) is 12.2 Å². The highest BCUT2D eigenvalue weighted by Crippen LogP contribution is 2.34. The maximum absolute atomic E-state index is 15.1. The van der Waals surface area contributed by atoms with Gasteiger partial charge in [0.25, 0.3) is 0 Å². The van der Waals surface area contributed by atoms with Crippen molar-refractivity contribution in [1.29, 1.82) is 0 Å². The van der Waals surface area contributed by atoms with Crippen LogP contribution in [-0.4, -0.2) is 64.3 Å². The van der Waals surface area contributed by atoms with Gasteiger partial charge in [-0.2, -0.15) is 0 Å². The van der Waals surface area contributed by atoms with E-state index in [1.807, 2.05) is 4.90 Å². The van der Waals surface area contributed by atoms with Crippen LogP contribution in [0.25, 0.3) is 0 Å². The number of alkyl halides is 1. The van der Waals surface area contributed by atoms with Gasteiger partial charge in [-0.25, -0.2) is 4.39 Å². The number of imide groups is 1. The molecule has 3 rings (SSSR count). The van der Waals surface area contributed by atoms with Gasteiger partial charge in [-0.05, 0) is 31.4 Å². The predicted octanol–water partition coefficient (Wildman–Crippen LogP) is -0.756. The Labute approximate surface area is 156 Å². The van der Waals surface area contributed by atoms with Crippen molar-refractivity contribution in [1.82, 2.24) is 15.5 Å². The molecule has 0 aromatic rings. The molecule has 2 heterocycles. The molecule has 3 aliphatic rings. The molecule has 5 N–H and O–H groups in total. The number of hydrogen-bond donors (Lipinski definition) is 4. The van der Waals surface area contributed by atoms with Gasteiger partial charge in [-0.3, -0.25) is 29.9 Å². The zero-order chi connectivity index (χ0) is 19.7. The molecule has 0 aromatic heterocycles. The highest BCUT2D eigenvalue weighted by atomic mass is 19.1. The first-order valence-corrected chi connectivity index (χ1v) is 9.11. The molecule has 0 aromatic carbocycles. The van der Waals surface area contributed by atoms with Crippen molar-refractivity contribution in [2.45, 2.75) is 55.6 Å². The Hall–Kier alpha value is -2.10. The van der Waals surface area contributed by atoms with Gasteiger partial charge in [0.05, 0.1) is 18.1 Å². The first-order chi connectivity index (χ1) is 12.7. The van der Waals surface area contributed by atoms with E-state index in [0.717, 1.165) is 0 Å². The summed E-state index contributed by atoms with van der Waals surface area (Å²) in [4.78, 5) is 36.6. The minimum absolute atomic E-state index is 0.136. The van der Waals surface area contributed by atoms with Crippen LogP contribution in [0.2, 0.25) is 0 Å². The monoisotopic (exact) mass is 380 g/mol. The lowest BCUT2D eigenvalue weighted by atomic mass is 9.84. The van der Waals surface area contributed by atoms with Crippen molar-refractivity contribution in [2.24, 2.45) is 5.73 Å². The first kappa shape index (κ1) is 19.7. The van der Waals surface area contributed by atoms with Crippen molar-refractivity contribution in [3.63, 3.8) is 0 Å². The maximum atomic E-state index is 15.1. The minimum Gasteiger partial charge on any atom is -0.389 e. The molecule has 3 amide bonds. The number of aliphatic hydroxyl groups is 1. The molecule has 3 unspecified atom stereocenters. The van der Waals surface area contributed by atoms with Crippen LogP contribution >= 0.6 is 0 Å². The summed E-state index contributed by atoms with van der Waals surface area (Å²) in [5.41, 5.74) is 2.75. The highest BCUT2D eigenvalue weighted by Gasteiger charge is 2.48. The van der Waals surface area contributed by atoms with Crippen LogP contribution in [0, 0.1) is 0 Å². The highest BCUT2D eigenvalue weighted by molar-refractivity contribution is 6.00. The van der Waals surface area contributed by atoms with E-state index < -0.39 is 35.3 Å². The number of halogens is 1. The number of nitrogens with zero attached hydrogens (tertiary/aromatic N) is 1. The third-order valence-electron chi connectivity index (χ3n) is 5.53. The van der Waals surface area contributed by atoms with E-state index in [4.69, 9.17) is 5.73 Å². The zero-order valence-corrected chi connectivity index (χ0v) is 15.0. The molecule has 0 saturated carbocycles. The lowest BCUT2D eigenvalue weighted by molar-refractivity contribution is -0.137. The molecule has 9 heteroatoms. The molecule has 27 heavy (non-hydrogen) atoms. The van der Waals surface area contributed by atoms with Gasteiger partial charge >= 0.3 is 0 Å². The van der Waals surface area contributed by atoms with Crippen LogP contribution in [0.3, 0.4) is 0 Å². The van der Waals surface area contributed by atoms with Crippen molar-refractivity contribution < 1.29 is 23.9 Å². The van der Waals surface area contributed by atoms with Gasteiger partial charge < -0.3 is 10.8 Å². The number of primary amides is 1. The van der Waals surface area contributed by atoms with Gasteiger partial charge in [-0.15, -0.1) is 0 Å². The van der Waals surface area contributed by atoms with Gasteiger partial charge in [0.2, 0.25) is 17.7 Å². The fourth-order valence-corrected chi connectivity index (χ4v) is 4.01. The van der Waals surface area contributed by atoms with Crippen LogP contribution in [-0.2, 0) is 14.4 Å². The molecule has 3 atom stereocenters. The topological polar surface area (TPSA) is 125 Å². The number of likely N-dealkylation sites (tertiary alicyclic amines) is 1. The summed E-state index contributed by atoms with van der Waals surface area (Å²) in [7, 11) is 0. The van der Waals surface area contributed by atoms with Crippen molar-refractivity contribution in [3.8, 4) is 0 Å². The second-order valence-corrected chi connectivity index (χ2v) is 7.47. The molecule has 148 valence electrons. The van der Waals surface area contributed by atoms with Crippen LogP contribution < -0.4 is 16.4 Å². The summed E-state index contributed by atoms with van der Waals surface area (Å²) in [6.45, 7) is 0.644. The summed E-state index contributed by atoms with van der Waals surface area (Å²) in [6.07, 6.45) is 5.83. The number of amides is 3. The molecule has 2 aliphatic heterocycles. The van der Waals surface area contributed by atoms with Gasteiger partial charge in [0, 0.05) is 19.5 Å². The summed E-state index contributed by atoms with van der Waals surface area (Å²) < 4.78 is 15.1. The molecular formula is C18H25FN4O4. The second kappa shape index (κ2) is 7.49. The minimum atomic E-state index is -1.42. The van der Waals surface area contributed by atoms with E-state index in [1.54, 1.807) is 18.2 Å². The van der Waals surface area contributed by atoms with Gasteiger partial charge in [0.1, 0.15) is 5.66 Å². The van der Waals surface area contributed by atoms with Crippen molar-refractivity contribution in [3.05, 3.63) is 24.3 Å². The van der Waals surface area contributed by atoms with E-state index in [1.165, 1.54) is 6.08 Å². The van der Waals surface area contributed by atoms with Crippen LogP contribution in [0.1, 0.15) is 32.1 Å². The third kappa shape index (κ3) is 4.10. The van der Waals surface area contributed by atoms with Crippen LogP contribution in [0.5, 0.6) is 0 Å². The fourth-order valence-electron chi connectivity index (χ4n) is 4.01. The van der Waals surface area contributed by atoms with Gasteiger partial charge in [0.15, 0.2) is 6.17 Å². The predicted molar refractivity (Wildman–Crippen MR) is 94.8 cm³/mol. The van der Waals surface area contributed by atoms with Crippen molar-refractivity contribution >= 4 is 17.7 Å². The summed E-state index contributed by atoms with van der Waals surface area (Å²) in [5, 5.41) is 15.9. The number of nitrogens with one attached hydrogen (secondary N) is 2. The Morgan fingerprint density at radius 3 is 2.67 bits per heavy atom. The molecule has 0 bridgehead atoms. The Morgan fingerprint density at radius 2 is 2.07 bits per heavy atom. The van der Waals surface area contributed by atoms with E-state index in [0.29, 0.717) is 13.1 Å². The molecule has 2 fully saturated rings. The molecule has 8 nitrogen and oxygen atoms in total. The summed E-state index contributed by atoms with van der Waals surface area (Å²) in [6, 6.07) is -0.705. The van der Waals surface area contributed by atoms with Crippen LogP contribution in [0.4, 0.5) is 4.39 Å². The third-order valence-corrected chi connectivity index (χ3v) is 5.53. The zero-order valence-electron chi connectivity index (χ0n) is 15.0. The SMILES string of the molecule is NC(=O)CC1(O)CCN(C2(NC3CCC(=O)NC3=O)C=CC=CC2F)CC1. The molecule has 1 aliphatic carbocycles.